The number of rotatable bonds is 5. The van der Waals surface area contributed by atoms with E-state index in [2.05, 4.69) is 45.9 Å². The van der Waals surface area contributed by atoms with E-state index in [0.29, 0.717) is 13.1 Å². The van der Waals surface area contributed by atoms with E-state index in [1.54, 1.807) is 5.06 Å². The van der Waals surface area contributed by atoms with E-state index in [0.717, 1.165) is 38.2 Å². The summed E-state index contributed by atoms with van der Waals surface area (Å²) in [4.78, 5) is 22.0. The molecule has 3 rings (SSSR count). The van der Waals surface area contributed by atoms with Crippen molar-refractivity contribution in [2.45, 2.75) is 58.6 Å². The van der Waals surface area contributed by atoms with Crippen LogP contribution in [0.15, 0.2) is 24.3 Å². The highest BCUT2D eigenvalue weighted by Crippen LogP contribution is 2.13. The Hall–Kier alpha value is -2.07. The minimum Gasteiger partial charge on any atom is -0.427 e. The molecule has 31 heavy (non-hydrogen) atoms. The van der Waals surface area contributed by atoms with Crippen LogP contribution in [0.25, 0.3) is 0 Å². The Morgan fingerprint density at radius 1 is 0.935 bits per heavy atom. The second-order valence-electron chi connectivity index (χ2n) is 9.41. The second-order valence-corrected chi connectivity index (χ2v) is 9.41. The minimum absolute atomic E-state index is 0.539. The van der Waals surface area contributed by atoms with Gasteiger partial charge in [0.2, 0.25) is 0 Å². The molecule has 0 N–H and O–H groups in total. The quantitative estimate of drug-likeness (QED) is 0.525. The third-order valence-corrected chi connectivity index (χ3v) is 5.52. The summed E-state index contributed by atoms with van der Waals surface area (Å²) in [5.41, 5.74) is 1.82. The first-order valence-corrected chi connectivity index (χ1v) is 11.6. The number of carbonyl (C=O) groups is 1. The molecule has 170 valence electrons. The Morgan fingerprint density at radius 2 is 1.61 bits per heavy atom. The summed E-state index contributed by atoms with van der Waals surface area (Å²) in [6.07, 6.45) is 4.36. The molecule has 2 aliphatic rings. The number of hydrogen-bond donors (Lipinski definition) is 0. The maximum atomic E-state index is 11.8. The van der Waals surface area contributed by atoms with Crippen LogP contribution in [0.3, 0.4) is 0 Å². The number of hydroxylamine groups is 2. The zero-order valence-corrected chi connectivity index (χ0v) is 19.4. The molecule has 2 heterocycles. The number of piperazine rings is 1. The molecule has 2 aliphatic heterocycles. The van der Waals surface area contributed by atoms with Gasteiger partial charge in [0.05, 0.1) is 0 Å². The SMILES string of the molecule is CC(C)(C)OC(=O)ON1CCN(Cc2ccc(C#CCCN3CCCCC3)cc2)CC1. The fraction of sp³-hybridized carbons (Fsp3) is 0.640. The third-order valence-electron chi connectivity index (χ3n) is 5.52. The number of ether oxygens (including phenoxy) is 1. The van der Waals surface area contributed by atoms with Crippen LogP contribution in [-0.4, -0.2) is 72.4 Å². The van der Waals surface area contributed by atoms with Crippen LogP contribution >= 0.6 is 0 Å². The molecule has 0 unspecified atom stereocenters. The molecule has 0 atom stereocenters. The van der Waals surface area contributed by atoms with Crippen molar-refractivity contribution < 1.29 is 14.4 Å². The van der Waals surface area contributed by atoms with Gasteiger partial charge in [0.25, 0.3) is 0 Å². The highest BCUT2D eigenvalue weighted by molar-refractivity contribution is 5.60. The Bertz CT molecular complexity index is 747. The maximum absolute atomic E-state index is 11.8. The number of likely N-dealkylation sites (tertiary alicyclic amines) is 1. The number of carbonyl (C=O) groups excluding carboxylic acids is 1. The normalized spacial score (nSPS) is 18.8. The predicted molar refractivity (Wildman–Crippen MR) is 122 cm³/mol. The van der Waals surface area contributed by atoms with E-state index in [9.17, 15) is 4.79 Å². The van der Waals surface area contributed by atoms with Crippen molar-refractivity contribution in [2.75, 3.05) is 45.8 Å². The standard InChI is InChI=1S/C25H37N3O3/c1-25(2,3)30-24(29)31-28-19-17-27(18-20-28)21-23-12-10-22(11-13-23)9-5-8-16-26-14-6-4-7-15-26/h10-13H,4,6-8,14-21H2,1-3H3. The topological polar surface area (TPSA) is 45.3 Å². The van der Waals surface area contributed by atoms with Crippen LogP contribution in [0, 0.1) is 11.8 Å². The summed E-state index contributed by atoms with van der Waals surface area (Å²) in [6, 6.07) is 8.56. The molecule has 0 radical (unpaired) electrons. The fourth-order valence-electron chi connectivity index (χ4n) is 3.87. The van der Waals surface area contributed by atoms with E-state index < -0.39 is 11.8 Å². The molecular weight excluding hydrogens is 390 g/mol. The smallest absolute Gasteiger partial charge is 0.427 e. The molecule has 0 amide bonds. The van der Waals surface area contributed by atoms with Crippen molar-refractivity contribution in [2.24, 2.45) is 0 Å². The van der Waals surface area contributed by atoms with Gasteiger partial charge in [-0.2, -0.15) is 0 Å². The fourth-order valence-corrected chi connectivity index (χ4v) is 3.87. The van der Waals surface area contributed by atoms with Crippen LogP contribution in [-0.2, 0) is 16.1 Å². The minimum atomic E-state index is -0.631. The molecule has 1 aromatic rings. The molecule has 2 fully saturated rings. The van der Waals surface area contributed by atoms with Crippen molar-refractivity contribution >= 4 is 6.16 Å². The maximum Gasteiger partial charge on any atom is 0.528 e. The molecule has 6 heteroatoms. The van der Waals surface area contributed by atoms with Gasteiger partial charge >= 0.3 is 6.16 Å². The van der Waals surface area contributed by atoms with Crippen molar-refractivity contribution in [3.63, 3.8) is 0 Å². The Balaban J connectivity index is 1.36. The lowest BCUT2D eigenvalue weighted by atomic mass is 10.1. The van der Waals surface area contributed by atoms with Crippen LogP contribution in [0.5, 0.6) is 0 Å². The first kappa shape index (κ1) is 23.6. The van der Waals surface area contributed by atoms with Gasteiger partial charge in [0.15, 0.2) is 0 Å². The second kappa shape index (κ2) is 11.5. The third kappa shape index (κ3) is 8.90. The van der Waals surface area contributed by atoms with E-state index in [1.807, 2.05) is 20.8 Å². The number of piperidine rings is 1. The summed E-state index contributed by atoms with van der Waals surface area (Å²) < 4.78 is 5.21. The van der Waals surface area contributed by atoms with Crippen molar-refractivity contribution in [3.05, 3.63) is 35.4 Å². The van der Waals surface area contributed by atoms with Gasteiger partial charge < -0.3 is 14.5 Å². The number of benzene rings is 1. The number of nitrogens with zero attached hydrogens (tertiary/aromatic N) is 3. The summed E-state index contributed by atoms with van der Waals surface area (Å²) in [7, 11) is 0. The lowest BCUT2D eigenvalue weighted by Crippen LogP contribution is -2.47. The molecular formula is C25H37N3O3. The molecule has 0 aromatic heterocycles. The van der Waals surface area contributed by atoms with Crippen molar-refractivity contribution in [1.82, 2.24) is 14.9 Å². The van der Waals surface area contributed by atoms with Crippen molar-refractivity contribution in [3.8, 4) is 11.8 Å². The lowest BCUT2D eigenvalue weighted by Gasteiger charge is -2.33. The summed E-state index contributed by atoms with van der Waals surface area (Å²) in [5.74, 6) is 6.62. The summed E-state index contributed by atoms with van der Waals surface area (Å²) in [5, 5.41) is 1.69. The highest BCUT2D eigenvalue weighted by atomic mass is 16.8. The first-order valence-electron chi connectivity index (χ1n) is 11.6. The van der Waals surface area contributed by atoms with E-state index in [-0.39, 0.29) is 0 Å². The lowest BCUT2D eigenvalue weighted by molar-refractivity contribution is -0.158. The van der Waals surface area contributed by atoms with Crippen molar-refractivity contribution in [1.29, 1.82) is 0 Å². The van der Waals surface area contributed by atoms with E-state index in [4.69, 9.17) is 9.57 Å². The molecule has 2 saturated heterocycles. The predicted octanol–water partition coefficient (Wildman–Crippen LogP) is 3.90. The summed E-state index contributed by atoms with van der Waals surface area (Å²) in [6.45, 7) is 13.0. The first-order chi connectivity index (χ1) is 14.9. The molecule has 0 spiro atoms. The van der Waals surface area contributed by atoms with Gasteiger partial charge in [-0.05, 0) is 64.4 Å². The molecule has 0 aliphatic carbocycles. The van der Waals surface area contributed by atoms with Crippen LogP contribution in [0.1, 0.15) is 57.6 Å². The molecule has 0 bridgehead atoms. The van der Waals surface area contributed by atoms with Gasteiger partial charge in [0, 0.05) is 51.3 Å². The molecule has 6 nitrogen and oxygen atoms in total. The molecule has 0 saturated carbocycles. The largest absolute Gasteiger partial charge is 0.528 e. The Morgan fingerprint density at radius 3 is 2.26 bits per heavy atom. The average Bonchev–Trinajstić information content (AvgIpc) is 2.73. The zero-order chi connectivity index (χ0) is 22.1. The Labute approximate surface area is 187 Å². The zero-order valence-electron chi connectivity index (χ0n) is 19.4. The molecule has 1 aromatic carbocycles. The van der Waals surface area contributed by atoms with Crippen LogP contribution in [0.2, 0.25) is 0 Å². The van der Waals surface area contributed by atoms with Gasteiger partial charge in [-0.1, -0.05) is 30.4 Å². The van der Waals surface area contributed by atoms with Crippen LogP contribution in [0.4, 0.5) is 4.79 Å². The summed E-state index contributed by atoms with van der Waals surface area (Å²) >= 11 is 0. The van der Waals surface area contributed by atoms with Crippen LogP contribution < -0.4 is 0 Å². The monoisotopic (exact) mass is 427 g/mol. The van der Waals surface area contributed by atoms with Gasteiger partial charge in [-0.3, -0.25) is 4.90 Å². The average molecular weight is 428 g/mol. The highest BCUT2D eigenvalue weighted by Gasteiger charge is 2.24. The van der Waals surface area contributed by atoms with E-state index >= 15 is 0 Å². The van der Waals surface area contributed by atoms with Gasteiger partial charge in [-0.25, -0.2) is 4.79 Å². The number of hydrogen-bond acceptors (Lipinski definition) is 6. The van der Waals surface area contributed by atoms with Gasteiger partial charge in [0.1, 0.15) is 5.60 Å². The van der Waals surface area contributed by atoms with Gasteiger partial charge in [-0.15, -0.1) is 5.06 Å². The Kier molecular flexibility index (Phi) is 8.77. The van der Waals surface area contributed by atoms with E-state index in [1.165, 1.54) is 37.9 Å².